The van der Waals surface area contributed by atoms with E-state index in [4.69, 9.17) is 0 Å². The highest BCUT2D eigenvalue weighted by molar-refractivity contribution is 5.27. The average Bonchev–Trinajstić information content (AvgIpc) is 2.65. The van der Waals surface area contributed by atoms with Gasteiger partial charge in [0, 0.05) is 24.5 Å². The fourth-order valence-corrected chi connectivity index (χ4v) is 2.01. The molecule has 0 radical (unpaired) electrons. The van der Waals surface area contributed by atoms with Gasteiger partial charge in [-0.05, 0) is 27.7 Å². The highest BCUT2D eigenvalue weighted by Gasteiger charge is 2.17. The van der Waals surface area contributed by atoms with Crippen LogP contribution in [-0.2, 0) is 0 Å². The summed E-state index contributed by atoms with van der Waals surface area (Å²) in [6, 6.07) is 1.16. The minimum Gasteiger partial charge on any atom is -0.295 e. The van der Waals surface area contributed by atoms with Crippen molar-refractivity contribution in [3.63, 3.8) is 0 Å². The Morgan fingerprint density at radius 1 is 1.13 bits per heavy atom. The van der Waals surface area contributed by atoms with Crippen LogP contribution in [0, 0.1) is 5.92 Å². The van der Waals surface area contributed by atoms with E-state index < -0.39 is 0 Å². The van der Waals surface area contributed by atoms with Crippen molar-refractivity contribution in [1.29, 1.82) is 0 Å². The van der Waals surface area contributed by atoms with Crippen LogP contribution in [0.5, 0.6) is 0 Å². The van der Waals surface area contributed by atoms with Gasteiger partial charge in [0.25, 0.3) is 0 Å². The lowest BCUT2D eigenvalue weighted by Crippen LogP contribution is -2.38. The third kappa shape index (κ3) is 3.35. The predicted molar refractivity (Wildman–Crippen MR) is 67.9 cm³/mol. The van der Waals surface area contributed by atoms with Crippen LogP contribution in [0.2, 0.25) is 0 Å². The fraction of sp³-hybridized carbons (Fsp3) is 0.571. The Hall–Kier alpha value is -0.820. The van der Waals surface area contributed by atoms with Gasteiger partial charge in [0.1, 0.15) is 0 Å². The van der Waals surface area contributed by atoms with Gasteiger partial charge in [-0.25, -0.2) is 0 Å². The maximum absolute atomic E-state index is 4.20. The molecule has 1 aliphatic rings. The molecule has 0 aromatic carbocycles. The minimum absolute atomic E-state index is 0.449. The first-order chi connectivity index (χ1) is 7.02. The molecule has 0 amide bonds. The van der Waals surface area contributed by atoms with Gasteiger partial charge in [0.15, 0.2) is 0 Å². The molecular formula is C14H23N. The van der Waals surface area contributed by atoms with Crippen molar-refractivity contribution < 1.29 is 0 Å². The van der Waals surface area contributed by atoms with Crippen molar-refractivity contribution in [2.75, 3.05) is 6.54 Å². The van der Waals surface area contributed by atoms with Crippen LogP contribution in [0.4, 0.5) is 0 Å². The van der Waals surface area contributed by atoms with Crippen molar-refractivity contribution in [2.24, 2.45) is 5.92 Å². The van der Waals surface area contributed by atoms with Gasteiger partial charge in [-0.15, -0.1) is 0 Å². The first-order valence-electron chi connectivity index (χ1n) is 5.80. The van der Waals surface area contributed by atoms with E-state index in [0.29, 0.717) is 18.0 Å². The SMILES string of the molecule is C=C(CN(C(C)C)C(C)C)C1C=CC=C1. The van der Waals surface area contributed by atoms with E-state index in [1.54, 1.807) is 0 Å². The normalized spacial score (nSPS) is 16.2. The Morgan fingerprint density at radius 2 is 1.60 bits per heavy atom. The standard InChI is InChI=1S/C14H23N/c1-11(2)15(12(3)4)10-13(5)14-8-6-7-9-14/h6-9,11-12,14H,5,10H2,1-4H3. The molecule has 0 N–H and O–H groups in total. The third-order valence-corrected chi connectivity index (χ3v) is 2.93. The molecule has 15 heavy (non-hydrogen) atoms. The Morgan fingerprint density at radius 3 is 2.00 bits per heavy atom. The Balaban J connectivity index is 2.54. The molecule has 0 heterocycles. The monoisotopic (exact) mass is 205 g/mol. The molecule has 0 aromatic heterocycles. The summed E-state index contributed by atoms with van der Waals surface area (Å²) in [4.78, 5) is 2.47. The first-order valence-corrected chi connectivity index (χ1v) is 5.80. The molecule has 84 valence electrons. The molecular weight excluding hydrogens is 182 g/mol. The largest absolute Gasteiger partial charge is 0.295 e. The smallest absolute Gasteiger partial charge is 0.0204 e. The molecule has 1 nitrogen and oxygen atoms in total. The summed E-state index contributed by atoms with van der Waals surface area (Å²) in [5, 5.41) is 0. The fourth-order valence-electron chi connectivity index (χ4n) is 2.01. The molecule has 0 spiro atoms. The summed E-state index contributed by atoms with van der Waals surface area (Å²) in [5.41, 5.74) is 1.29. The Kier molecular flexibility index (Phi) is 4.34. The predicted octanol–water partition coefficient (Wildman–Crippen LogP) is 3.40. The topological polar surface area (TPSA) is 3.24 Å². The van der Waals surface area contributed by atoms with Gasteiger partial charge >= 0.3 is 0 Å². The second-order valence-electron chi connectivity index (χ2n) is 4.81. The van der Waals surface area contributed by atoms with E-state index in [1.165, 1.54) is 5.57 Å². The van der Waals surface area contributed by atoms with E-state index in [9.17, 15) is 0 Å². The van der Waals surface area contributed by atoms with Crippen LogP contribution >= 0.6 is 0 Å². The molecule has 0 saturated carbocycles. The molecule has 1 heteroatoms. The van der Waals surface area contributed by atoms with E-state index in [-0.39, 0.29) is 0 Å². The van der Waals surface area contributed by atoms with Crippen LogP contribution in [0.25, 0.3) is 0 Å². The van der Waals surface area contributed by atoms with E-state index in [2.05, 4.69) is 63.5 Å². The summed E-state index contributed by atoms with van der Waals surface area (Å²) in [6.45, 7) is 14.2. The summed E-state index contributed by atoms with van der Waals surface area (Å²) >= 11 is 0. The lowest BCUT2D eigenvalue weighted by molar-refractivity contribution is 0.189. The highest BCUT2D eigenvalue weighted by atomic mass is 15.2. The van der Waals surface area contributed by atoms with E-state index >= 15 is 0 Å². The molecule has 0 unspecified atom stereocenters. The number of hydrogen-bond acceptors (Lipinski definition) is 1. The van der Waals surface area contributed by atoms with Crippen LogP contribution in [-0.4, -0.2) is 23.5 Å². The van der Waals surface area contributed by atoms with Gasteiger partial charge in [0.2, 0.25) is 0 Å². The van der Waals surface area contributed by atoms with Crippen molar-refractivity contribution in [2.45, 2.75) is 39.8 Å². The second kappa shape index (κ2) is 5.32. The van der Waals surface area contributed by atoms with Gasteiger partial charge in [-0.3, -0.25) is 4.90 Å². The van der Waals surface area contributed by atoms with Crippen molar-refractivity contribution in [3.05, 3.63) is 36.5 Å². The molecule has 0 bridgehead atoms. The molecule has 0 aromatic rings. The lowest BCUT2D eigenvalue weighted by atomic mass is 10.0. The highest BCUT2D eigenvalue weighted by Crippen LogP contribution is 2.20. The molecule has 0 aliphatic heterocycles. The van der Waals surface area contributed by atoms with Gasteiger partial charge < -0.3 is 0 Å². The zero-order chi connectivity index (χ0) is 11.4. The number of hydrogen-bond donors (Lipinski definition) is 0. The zero-order valence-electron chi connectivity index (χ0n) is 10.4. The van der Waals surface area contributed by atoms with Crippen LogP contribution in [0.3, 0.4) is 0 Å². The van der Waals surface area contributed by atoms with Crippen LogP contribution < -0.4 is 0 Å². The average molecular weight is 205 g/mol. The maximum atomic E-state index is 4.20. The summed E-state index contributed by atoms with van der Waals surface area (Å²) in [6.07, 6.45) is 8.62. The third-order valence-electron chi connectivity index (χ3n) is 2.93. The van der Waals surface area contributed by atoms with Crippen LogP contribution in [0.1, 0.15) is 27.7 Å². The molecule has 1 aliphatic carbocycles. The molecule has 0 atom stereocenters. The van der Waals surface area contributed by atoms with E-state index in [0.717, 1.165) is 6.54 Å². The minimum atomic E-state index is 0.449. The summed E-state index contributed by atoms with van der Waals surface area (Å²) in [5.74, 6) is 0.449. The molecule has 0 saturated heterocycles. The first kappa shape index (κ1) is 12.3. The van der Waals surface area contributed by atoms with Gasteiger partial charge in [-0.1, -0.05) is 36.5 Å². The van der Waals surface area contributed by atoms with Crippen molar-refractivity contribution >= 4 is 0 Å². The van der Waals surface area contributed by atoms with Gasteiger partial charge in [-0.2, -0.15) is 0 Å². The maximum Gasteiger partial charge on any atom is 0.0204 e. The van der Waals surface area contributed by atoms with Crippen molar-refractivity contribution in [3.8, 4) is 0 Å². The lowest BCUT2D eigenvalue weighted by Gasteiger charge is -2.32. The Labute approximate surface area is 94.2 Å². The molecule has 1 rings (SSSR count). The quantitative estimate of drug-likeness (QED) is 0.622. The summed E-state index contributed by atoms with van der Waals surface area (Å²) < 4.78 is 0. The second-order valence-corrected chi connectivity index (χ2v) is 4.81. The van der Waals surface area contributed by atoms with Crippen LogP contribution in [0.15, 0.2) is 36.5 Å². The molecule has 0 fully saturated rings. The number of allylic oxidation sites excluding steroid dienone is 4. The van der Waals surface area contributed by atoms with Crippen molar-refractivity contribution in [1.82, 2.24) is 4.90 Å². The van der Waals surface area contributed by atoms with E-state index in [1.807, 2.05) is 0 Å². The van der Waals surface area contributed by atoms with Gasteiger partial charge in [0.05, 0.1) is 0 Å². The zero-order valence-corrected chi connectivity index (χ0v) is 10.4. The number of rotatable bonds is 5. The summed E-state index contributed by atoms with van der Waals surface area (Å²) in [7, 11) is 0. The Bertz CT molecular complexity index is 251. The number of nitrogens with zero attached hydrogens (tertiary/aromatic N) is 1.